The summed E-state index contributed by atoms with van der Waals surface area (Å²) in [5.74, 6) is 1.28. The molecule has 0 saturated carbocycles. The van der Waals surface area contributed by atoms with E-state index in [9.17, 15) is 10.2 Å². The van der Waals surface area contributed by atoms with E-state index in [1.807, 2.05) is 12.1 Å². The number of fused-ring (bicyclic) bond motifs is 4. The lowest BCUT2D eigenvalue weighted by Crippen LogP contribution is -2.39. The number of nitrogens with zero attached hydrogens (tertiary/aromatic N) is 2. The highest BCUT2D eigenvalue weighted by Crippen LogP contribution is 2.44. The third kappa shape index (κ3) is 2.17. The Morgan fingerprint density at radius 1 is 1.17 bits per heavy atom. The van der Waals surface area contributed by atoms with Crippen LogP contribution in [0.2, 0.25) is 0 Å². The Bertz CT molecular complexity index is 806. The molecule has 0 saturated heterocycles. The third-order valence-electron chi connectivity index (χ3n) is 5.06. The number of benzene rings is 1. The van der Waals surface area contributed by atoms with Gasteiger partial charge in [0, 0.05) is 31.1 Å². The maximum Gasteiger partial charge on any atom is 0.176 e. The summed E-state index contributed by atoms with van der Waals surface area (Å²) in [4.78, 5) is 6.75. The first-order chi connectivity index (χ1) is 11.6. The van der Waals surface area contributed by atoms with Crippen molar-refractivity contribution in [1.29, 1.82) is 0 Å². The van der Waals surface area contributed by atoms with Gasteiger partial charge in [0.2, 0.25) is 0 Å². The standard InChI is InChI=1S/C18H20N2O4/c1-23-17-5-10-3-4-20-9-12-13(19-8-16(22)18(12)24-2)7-14(20)11(10)6-15(17)21/h5-6,8,14,21-22H,3-4,7,9H2,1-2H3. The molecule has 1 unspecified atom stereocenters. The van der Waals surface area contributed by atoms with Gasteiger partial charge in [-0.05, 0) is 29.7 Å². The molecule has 0 bridgehead atoms. The van der Waals surface area contributed by atoms with E-state index in [1.54, 1.807) is 14.2 Å². The fraction of sp³-hybridized carbons (Fsp3) is 0.389. The van der Waals surface area contributed by atoms with E-state index in [-0.39, 0.29) is 17.5 Å². The molecule has 3 heterocycles. The average Bonchev–Trinajstić information content (AvgIpc) is 2.59. The van der Waals surface area contributed by atoms with Crippen LogP contribution >= 0.6 is 0 Å². The predicted molar refractivity (Wildman–Crippen MR) is 87.7 cm³/mol. The zero-order valence-corrected chi connectivity index (χ0v) is 13.7. The van der Waals surface area contributed by atoms with Gasteiger partial charge in [-0.2, -0.15) is 0 Å². The Morgan fingerprint density at radius 2 is 2.00 bits per heavy atom. The summed E-state index contributed by atoms with van der Waals surface area (Å²) in [6, 6.07) is 3.91. The minimum absolute atomic E-state index is 0.0782. The Balaban J connectivity index is 1.77. The van der Waals surface area contributed by atoms with Crippen LogP contribution in [0.1, 0.15) is 28.4 Å². The summed E-state index contributed by atoms with van der Waals surface area (Å²) in [6.07, 6.45) is 3.07. The molecule has 2 N–H and O–H groups in total. The highest BCUT2D eigenvalue weighted by Gasteiger charge is 2.35. The van der Waals surface area contributed by atoms with E-state index < -0.39 is 0 Å². The Morgan fingerprint density at radius 3 is 2.75 bits per heavy atom. The van der Waals surface area contributed by atoms with Crippen LogP contribution in [0.3, 0.4) is 0 Å². The molecule has 0 amide bonds. The molecule has 0 radical (unpaired) electrons. The first-order valence-corrected chi connectivity index (χ1v) is 8.00. The number of methoxy groups -OCH3 is 2. The van der Waals surface area contributed by atoms with Crippen molar-refractivity contribution < 1.29 is 19.7 Å². The zero-order valence-electron chi connectivity index (χ0n) is 13.7. The van der Waals surface area contributed by atoms with Crippen molar-refractivity contribution in [3.8, 4) is 23.0 Å². The maximum atomic E-state index is 10.2. The molecule has 0 aliphatic carbocycles. The second kappa shape index (κ2) is 5.56. The largest absolute Gasteiger partial charge is 0.504 e. The zero-order chi connectivity index (χ0) is 16.8. The Hall–Kier alpha value is -2.47. The molecule has 1 atom stereocenters. The van der Waals surface area contributed by atoms with Crippen molar-refractivity contribution in [2.24, 2.45) is 0 Å². The summed E-state index contributed by atoms with van der Waals surface area (Å²) in [5.41, 5.74) is 4.23. The molecule has 1 aromatic heterocycles. The van der Waals surface area contributed by atoms with E-state index in [4.69, 9.17) is 9.47 Å². The molecule has 2 aromatic rings. The number of phenolic OH excluding ortho intramolecular Hbond substituents is 1. The molecular weight excluding hydrogens is 308 g/mol. The summed E-state index contributed by atoms with van der Waals surface area (Å²) in [5, 5.41) is 20.1. The first-order valence-electron chi connectivity index (χ1n) is 8.00. The van der Waals surface area contributed by atoms with Gasteiger partial charge in [0.1, 0.15) is 0 Å². The van der Waals surface area contributed by atoms with Crippen LogP contribution in [0, 0.1) is 0 Å². The Labute approximate surface area is 140 Å². The van der Waals surface area contributed by atoms with E-state index in [2.05, 4.69) is 9.88 Å². The van der Waals surface area contributed by atoms with E-state index >= 15 is 0 Å². The van der Waals surface area contributed by atoms with Gasteiger partial charge in [-0.1, -0.05) is 0 Å². The van der Waals surface area contributed by atoms with Gasteiger partial charge >= 0.3 is 0 Å². The van der Waals surface area contributed by atoms with E-state index in [0.29, 0.717) is 18.0 Å². The summed E-state index contributed by atoms with van der Waals surface area (Å²) >= 11 is 0. The fourth-order valence-electron chi connectivity index (χ4n) is 3.88. The van der Waals surface area contributed by atoms with Gasteiger partial charge in [0.25, 0.3) is 0 Å². The van der Waals surface area contributed by atoms with Gasteiger partial charge in [-0.3, -0.25) is 9.88 Å². The number of rotatable bonds is 2. The van der Waals surface area contributed by atoms with E-state index in [0.717, 1.165) is 36.2 Å². The van der Waals surface area contributed by atoms with Crippen molar-refractivity contribution in [2.45, 2.75) is 25.4 Å². The number of hydrogen-bond donors (Lipinski definition) is 2. The molecule has 126 valence electrons. The normalized spacial score (nSPS) is 19.2. The number of hydrogen-bond acceptors (Lipinski definition) is 6. The minimum Gasteiger partial charge on any atom is -0.504 e. The van der Waals surface area contributed by atoms with Crippen molar-refractivity contribution >= 4 is 0 Å². The smallest absolute Gasteiger partial charge is 0.176 e. The lowest BCUT2D eigenvalue weighted by molar-refractivity contribution is 0.155. The second-order valence-corrected chi connectivity index (χ2v) is 6.27. The molecule has 0 spiro atoms. The lowest BCUT2D eigenvalue weighted by Gasteiger charge is -2.41. The van der Waals surface area contributed by atoms with Crippen molar-refractivity contribution in [3.63, 3.8) is 0 Å². The van der Waals surface area contributed by atoms with Crippen LogP contribution in [-0.2, 0) is 19.4 Å². The SMILES string of the molecule is COc1cc2c(cc1O)C1Cc3ncc(O)c(OC)c3CN1CC2. The van der Waals surface area contributed by atoms with Crippen LogP contribution < -0.4 is 9.47 Å². The van der Waals surface area contributed by atoms with Crippen LogP contribution in [-0.4, -0.2) is 40.9 Å². The van der Waals surface area contributed by atoms with Crippen LogP contribution in [0.25, 0.3) is 0 Å². The fourth-order valence-corrected chi connectivity index (χ4v) is 3.88. The molecular formula is C18H20N2O4. The van der Waals surface area contributed by atoms with Gasteiger partial charge in [-0.25, -0.2) is 0 Å². The molecule has 1 aromatic carbocycles. The summed E-state index contributed by atoms with van der Waals surface area (Å²) < 4.78 is 10.6. The highest BCUT2D eigenvalue weighted by molar-refractivity contribution is 5.52. The second-order valence-electron chi connectivity index (χ2n) is 6.27. The number of ether oxygens (including phenoxy) is 2. The summed E-state index contributed by atoms with van der Waals surface area (Å²) in [7, 11) is 3.13. The van der Waals surface area contributed by atoms with Crippen molar-refractivity contribution in [3.05, 3.63) is 40.7 Å². The average molecular weight is 328 g/mol. The topological polar surface area (TPSA) is 75.0 Å². The van der Waals surface area contributed by atoms with Gasteiger partial charge in [0.15, 0.2) is 23.0 Å². The number of pyridine rings is 1. The number of phenols is 1. The third-order valence-corrected chi connectivity index (χ3v) is 5.06. The quantitative estimate of drug-likeness (QED) is 0.880. The molecule has 4 rings (SSSR count). The lowest BCUT2D eigenvalue weighted by atomic mass is 9.85. The van der Waals surface area contributed by atoms with Gasteiger partial charge in [0.05, 0.1) is 26.1 Å². The van der Waals surface area contributed by atoms with Crippen molar-refractivity contribution in [1.82, 2.24) is 9.88 Å². The van der Waals surface area contributed by atoms with Crippen LogP contribution in [0.4, 0.5) is 0 Å². The molecule has 2 aliphatic heterocycles. The van der Waals surface area contributed by atoms with Crippen molar-refractivity contribution in [2.75, 3.05) is 20.8 Å². The monoisotopic (exact) mass is 328 g/mol. The highest BCUT2D eigenvalue weighted by atomic mass is 16.5. The Kier molecular flexibility index (Phi) is 3.49. The van der Waals surface area contributed by atoms with Gasteiger partial charge in [-0.15, -0.1) is 0 Å². The van der Waals surface area contributed by atoms with Crippen LogP contribution in [0.15, 0.2) is 18.3 Å². The number of aromatic hydroxyl groups is 2. The first kappa shape index (κ1) is 15.1. The van der Waals surface area contributed by atoms with Crippen LogP contribution in [0.5, 0.6) is 23.0 Å². The molecule has 6 nitrogen and oxygen atoms in total. The van der Waals surface area contributed by atoms with Gasteiger partial charge < -0.3 is 19.7 Å². The summed E-state index contributed by atoms with van der Waals surface area (Å²) in [6.45, 7) is 1.58. The maximum absolute atomic E-state index is 10.2. The molecule has 2 aliphatic rings. The number of aromatic nitrogens is 1. The molecule has 0 fully saturated rings. The molecule has 6 heteroatoms. The molecule has 24 heavy (non-hydrogen) atoms. The van der Waals surface area contributed by atoms with E-state index in [1.165, 1.54) is 11.8 Å². The predicted octanol–water partition coefficient (Wildman–Crippen LogP) is 2.17. The minimum atomic E-state index is 0.0782.